The molecule has 104 valence electrons. The number of hydrogen-bond acceptors (Lipinski definition) is 6. The molecule has 0 aliphatic carbocycles. The largest absolute Gasteiger partial charge is 0.486 e. The maximum atomic E-state index is 13.3. The molecule has 0 bridgehead atoms. The molecule has 2 aromatic rings. The van der Waals surface area contributed by atoms with E-state index in [0.29, 0.717) is 0 Å². The van der Waals surface area contributed by atoms with Crippen LogP contribution in [0, 0.1) is 26.0 Å². The fourth-order valence-corrected chi connectivity index (χ4v) is 1.42. The Morgan fingerprint density at radius 2 is 1.90 bits per heavy atom. The highest BCUT2D eigenvalue weighted by molar-refractivity contribution is 5.38. The van der Waals surface area contributed by atoms with E-state index in [4.69, 9.17) is 9.15 Å². The van der Waals surface area contributed by atoms with Crippen molar-refractivity contribution in [1.82, 2.24) is 0 Å². The second-order valence-electron chi connectivity index (χ2n) is 3.66. The van der Waals surface area contributed by atoms with E-state index in [9.17, 15) is 24.6 Å². The van der Waals surface area contributed by atoms with Crippen LogP contribution in [0.1, 0.15) is 5.76 Å². The van der Waals surface area contributed by atoms with Crippen molar-refractivity contribution in [3.63, 3.8) is 0 Å². The molecule has 8 nitrogen and oxygen atoms in total. The standard InChI is InChI=1S/C11H7FN2O6/c12-9-5-7(1-3-10(9)13(15)16)19-6-8-2-4-11(20-8)14(17)18/h1-5H,6H2. The Kier molecular flexibility index (Phi) is 3.60. The van der Waals surface area contributed by atoms with E-state index < -0.39 is 27.2 Å². The summed E-state index contributed by atoms with van der Waals surface area (Å²) in [6.45, 7) is -0.162. The quantitative estimate of drug-likeness (QED) is 0.616. The van der Waals surface area contributed by atoms with Gasteiger partial charge in [0.25, 0.3) is 0 Å². The van der Waals surface area contributed by atoms with E-state index in [1.807, 2.05) is 0 Å². The zero-order chi connectivity index (χ0) is 14.7. The number of nitro groups is 2. The Morgan fingerprint density at radius 1 is 1.15 bits per heavy atom. The van der Waals surface area contributed by atoms with Gasteiger partial charge in [0, 0.05) is 12.1 Å². The lowest BCUT2D eigenvalue weighted by Gasteiger charge is -2.03. The first-order valence-corrected chi connectivity index (χ1v) is 5.27. The molecular formula is C11H7FN2O6. The van der Waals surface area contributed by atoms with E-state index in [1.54, 1.807) is 0 Å². The molecule has 0 N–H and O–H groups in total. The molecule has 1 aromatic heterocycles. The Bertz CT molecular complexity index is 669. The number of benzene rings is 1. The summed E-state index contributed by atoms with van der Waals surface area (Å²) in [5.41, 5.74) is -0.661. The number of rotatable bonds is 5. The van der Waals surface area contributed by atoms with Gasteiger partial charge in [0.1, 0.15) is 23.0 Å². The van der Waals surface area contributed by atoms with Crippen molar-refractivity contribution in [2.75, 3.05) is 0 Å². The molecule has 1 heterocycles. The molecule has 20 heavy (non-hydrogen) atoms. The Hall–Kier alpha value is -2.97. The van der Waals surface area contributed by atoms with Crippen molar-refractivity contribution in [3.8, 4) is 5.75 Å². The summed E-state index contributed by atoms with van der Waals surface area (Å²) in [7, 11) is 0. The van der Waals surface area contributed by atoms with Gasteiger partial charge < -0.3 is 9.15 Å². The van der Waals surface area contributed by atoms with E-state index in [-0.39, 0.29) is 18.1 Å². The van der Waals surface area contributed by atoms with Gasteiger partial charge in [0.05, 0.1) is 11.0 Å². The Balaban J connectivity index is 2.05. The van der Waals surface area contributed by atoms with Gasteiger partial charge in [-0.05, 0) is 12.1 Å². The summed E-state index contributed by atoms with van der Waals surface area (Å²) >= 11 is 0. The van der Waals surface area contributed by atoms with E-state index >= 15 is 0 Å². The molecule has 0 unspecified atom stereocenters. The second kappa shape index (κ2) is 5.34. The van der Waals surface area contributed by atoms with Gasteiger partial charge in [-0.3, -0.25) is 20.2 Å². The minimum atomic E-state index is -1.03. The monoisotopic (exact) mass is 282 g/mol. The number of hydrogen-bond donors (Lipinski definition) is 0. The van der Waals surface area contributed by atoms with Crippen LogP contribution in [0.15, 0.2) is 34.7 Å². The molecule has 2 rings (SSSR count). The summed E-state index contributed by atoms with van der Waals surface area (Å²) < 4.78 is 23.3. The highest BCUT2D eigenvalue weighted by Crippen LogP contribution is 2.23. The smallest absolute Gasteiger partial charge is 0.433 e. The van der Waals surface area contributed by atoms with Crippen LogP contribution in [0.4, 0.5) is 16.0 Å². The van der Waals surface area contributed by atoms with Crippen molar-refractivity contribution in [2.45, 2.75) is 6.61 Å². The number of nitro benzene ring substituents is 1. The van der Waals surface area contributed by atoms with E-state index in [2.05, 4.69) is 0 Å². The zero-order valence-electron chi connectivity index (χ0n) is 9.82. The summed E-state index contributed by atoms with van der Waals surface area (Å²) in [5.74, 6) is -1.24. The first-order chi connectivity index (χ1) is 9.47. The van der Waals surface area contributed by atoms with Crippen LogP contribution in [0.25, 0.3) is 0 Å². The number of ether oxygens (including phenoxy) is 1. The number of halogens is 1. The van der Waals surface area contributed by atoms with Crippen LogP contribution in [0.5, 0.6) is 5.75 Å². The van der Waals surface area contributed by atoms with Gasteiger partial charge >= 0.3 is 11.6 Å². The SMILES string of the molecule is O=[N+]([O-])c1ccc(COc2ccc([N+](=O)[O-])c(F)c2)o1. The third-order valence-electron chi connectivity index (χ3n) is 2.32. The van der Waals surface area contributed by atoms with Crippen LogP contribution in [-0.4, -0.2) is 9.85 Å². The molecule has 9 heteroatoms. The van der Waals surface area contributed by atoms with Crippen molar-refractivity contribution in [2.24, 2.45) is 0 Å². The first-order valence-electron chi connectivity index (χ1n) is 5.27. The highest BCUT2D eigenvalue weighted by Gasteiger charge is 2.15. The molecule has 0 atom stereocenters. The lowest BCUT2D eigenvalue weighted by Crippen LogP contribution is -1.96. The van der Waals surface area contributed by atoms with Crippen molar-refractivity contribution in [3.05, 3.63) is 62.1 Å². The average Bonchev–Trinajstić information content (AvgIpc) is 2.85. The van der Waals surface area contributed by atoms with Crippen molar-refractivity contribution in [1.29, 1.82) is 0 Å². The first kappa shape index (κ1) is 13.5. The minimum absolute atomic E-state index is 0.0483. The Labute approximate surface area is 110 Å². The van der Waals surface area contributed by atoms with Crippen molar-refractivity contribution < 1.29 is 23.4 Å². The third-order valence-corrected chi connectivity index (χ3v) is 2.32. The molecule has 0 saturated heterocycles. The van der Waals surface area contributed by atoms with Crippen LogP contribution in [0.3, 0.4) is 0 Å². The third kappa shape index (κ3) is 2.88. The molecular weight excluding hydrogens is 275 g/mol. The lowest BCUT2D eigenvalue weighted by atomic mass is 10.3. The predicted octanol–water partition coefficient (Wildman–Crippen LogP) is 2.81. The van der Waals surface area contributed by atoms with Gasteiger partial charge in [-0.1, -0.05) is 0 Å². The normalized spacial score (nSPS) is 10.2. The maximum Gasteiger partial charge on any atom is 0.433 e. The maximum absolute atomic E-state index is 13.3. The number of furan rings is 1. The van der Waals surface area contributed by atoms with Crippen LogP contribution in [0.2, 0.25) is 0 Å². The fraction of sp³-hybridized carbons (Fsp3) is 0.0909. The van der Waals surface area contributed by atoms with Gasteiger partial charge in [-0.15, -0.1) is 0 Å². The van der Waals surface area contributed by atoms with Crippen LogP contribution >= 0.6 is 0 Å². The number of nitrogens with zero attached hydrogens (tertiary/aromatic N) is 2. The molecule has 0 amide bonds. The summed E-state index contributed by atoms with van der Waals surface area (Å²) in [6, 6.07) is 5.55. The van der Waals surface area contributed by atoms with Crippen LogP contribution < -0.4 is 4.74 Å². The van der Waals surface area contributed by atoms with Gasteiger partial charge in [0.15, 0.2) is 0 Å². The topological polar surface area (TPSA) is 109 Å². The molecule has 0 fully saturated rings. The second-order valence-corrected chi connectivity index (χ2v) is 3.66. The predicted molar refractivity (Wildman–Crippen MR) is 62.7 cm³/mol. The van der Waals surface area contributed by atoms with Crippen molar-refractivity contribution >= 4 is 11.6 Å². The molecule has 0 aliphatic heterocycles. The zero-order valence-corrected chi connectivity index (χ0v) is 9.82. The molecule has 0 radical (unpaired) electrons. The lowest BCUT2D eigenvalue weighted by molar-refractivity contribution is -0.402. The van der Waals surface area contributed by atoms with Gasteiger partial charge in [-0.25, -0.2) is 0 Å². The van der Waals surface area contributed by atoms with Gasteiger partial charge in [0.2, 0.25) is 5.82 Å². The summed E-state index contributed by atoms with van der Waals surface area (Å²) in [4.78, 5) is 19.3. The fourth-order valence-electron chi connectivity index (χ4n) is 1.42. The highest BCUT2D eigenvalue weighted by atomic mass is 19.1. The summed E-state index contributed by atoms with van der Waals surface area (Å²) in [6.07, 6.45) is 0. The minimum Gasteiger partial charge on any atom is -0.486 e. The molecule has 0 saturated carbocycles. The van der Waals surface area contributed by atoms with E-state index in [1.165, 1.54) is 12.1 Å². The van der Waals surface area contributed by atoms with Gasteiger partial charge in [-0.2, -0.15) is 4.39 Å². The Morgan fingerprint density at radius 3 is 2.45 bits per heavy atom. The molecule has 0 spiro atoms. The molecule has 0 aliphatic rings. The van der Waals surface area contributed by atoms with E-state index in [0.717, 1.165) is 18.2 Å². The molecule has 1 aromatic carbocycles. The van der Waals surface area contributed by atoms with Crippen LogP contribution in [-0.2, 0) is 6.61 Å². The summed E-state index contributed by atoms with van der Waals surface area (Å²) in [5, 5.41) is 20.8. The average molecular weight is 282 g/mol.